The van der Waals surface area contributed by atoms with Gasteiger partial charge in [0.2, 0.25) is 6.10 Å². The van der Waals surface area contributed by atoms with Gasteiger partial charge in [-0.15, -0.1) is 0 Å². The molecule has 1 N–H and O–H groups in total. The molecule has 3 aromatic rings. The molecule has 0 unspecified atom stereocenters. The number of hydrogen-bond acceptors (Lipinski definition) is 4. The van der Waals surface area contributed by atoms with Gasteiger partial charge in [0.25, 0.3) is 5.91 Å². The molecule has 7 heteroatoms. The van der Waals surface area contributed by atoms with Crippen molar-refractivity contribution in [2.75, 3.05) is 6.61 Å². The predicted molar refractivity (Wildman–Crippen MR) is 112 cm³/mol. The van der Waals surface area contributed by atoms with Gasteiger partial charge < -0.3 is 14.0 Å². The number of nitrogens with one attached hydrogen (secondary N) is 1. The first kappa shape index (κ1) is 19.1. The summed E-state index contributed by atoms with van der Waals surface area (Å²) >= 11 is 6.12. The molecule has 4 rings (SSSR count). The van der Waals surface area contributed by atoms with Crippen molar-refractivity contribution in [3.05, 3.63) is 76.6 Å². The number of hydrogen-bond donors (Lipinski definition) is 1. The highest BCUT2D eigenvalue weighted by molar-refractivity contribution is 6.30. The third kappa shape index (κ3) is 3.98. The average Bonchev–Trinajstić information content (AvgIpc) is 3.00. The first-order chi connectivity index (χ1) is 14.0. The topological polar surface area (TPSA) is 64.8 Å². The van der Waals surface area contributed by atoms with Crippen molar-refractivity contribution in [2.45, 2.75) is 20.0 Å². The van der Waals surface area contributed by atoms with Crippen LogP contribution in [0, 0.1) is 13.8 Å². The molecule has 6 nitrogen and oxygen atoms in total. The number of hydrazone groups is 1. The molecule has 0 radical (unpaired) electrons. The van der Waals surface area contributed by atoms with Gasteiger partial charge >= 0.3 is 0 Å². The number of aromatic nitrogens is 1. The van der Waals surface area contributed by atoms with Crippen LogP contribution in [0.2, 0.25) is 5.02 Å². The zero-order chi connectivity index (χ0) is 20.4. The molecule has 0 saturated heterocycles. The van der Waals surface area contributed by atoms with Crippen molar-refractivity contribution in [1.82, 2.24) is 9.99 Å². The van der Waals surface area contributed by atoms with Crippen LogP contribution in [-0.4, -0.2) is 29.4 Å². The van der Waals surface area contributed by atoms with E-state index in [1.807, 2.05) is 56.3 Å². The van der Waals surface area contributed by atoms with Crippen LogP contribution in [-0.2, 0) is 4.79 Å². The van der Waals surface area contributed by atoms with E-state index in [-0.39, 0.29) is 12.5 Å². The van der Waals surface area contributed by atoms with Crippen molar-refractivity contribution < 1.29 is 14.3 Å². The largest absolute Gasteiger partial charge is 0.485 e. The van der Waals surface area contributed by atoms with Crippen molar-refractivity contribution >= 4 is 23.7 Å². The number of para-hydroxylation sites is 2. The molecule has 0 spiro atoms. The second-order valence-electron chi connectivity index (χ2n) is 6.74. The Kier molecular flexibility index (Phi) is 5.27. The number of halogens is 1. The summed E-state index contributed by atoms with van der Waals surface area (Å²) in [6, 6.07) is 16.9. The van der Waals surface area contributed by atoms with E-state index in [2.05, 4.69) is 15.1 Å². The minimum atomic E-state index is -0.749. The van der Waals surface area contributed by atoms with Crippen LogP contribution in [0.15, 0.2) is 59.7 Å². The Morgan fingerprint density at radius 2 is 1.97 bits per heavy atom. The highest BCUT2D eigenvalue weighted by atomic mass is 35.5. The Hall–Kier alpha value is -3.25. The molecule has 1 atom stereocenters. The first-order valence-electron chi connectivity index (χ1n) is 9.19. The van der Waals surface area contributed by atoms with E-state index < -0.39 is 6.10 Å². The second-order valence-corrected chi connectivity index (χ2v) is 7.18. The molecule has 0 bridgehead atoms. The fourth-order valence-corrected chi connectivity index (χ4v) is 3.50. The van der Waals surface area contributed by atoms with Crippen LogP contribution in [0.3, 0.4) is 0 Å². The number of benzene rings is 2. The number of amides is 1. The van der Waals surface area contributed by atoms with E-state index in [4.69, 9.17) is 21.1 Å². The van der Waals surface area contributed by atoms with Gasteiger partial charge in [-0.25, -0.2) is 5.43 Å². The summed E-state index contributed by atoms with van der Waals surface area (Å²) in [6.07, 6.45) is 0.875. The summed E-state index contributed by atoms with van der Waals surface area (Å²) in [5.41, 5.74) is 6.44. The summed E-state index contributed by atoms with van der Waals surface area (Å²) in [6.45, 7) is 4.14. The molecule has 0 saturated carbocycles. The number of nitrogens with zero attached hydrogens (tertiary/aromatic N) is 2. The Morgan fingerprint density at radius 3 is 2.76 bits per heavy atom. The van der Waals surface area contributed by atoms with Gasteiger partial charge in [-0.05, 0) is 50.2 Å². The van der Waals surface area contributed by atoms with E-state index >= 15 is 0 Å². The Morgan fingerprint density at radius 1 is 1.17 bits per heavy atom. The minimum Gasteiger partial charge on any atom is -0.485 e. The number of rotatable bonds is 4. The van der Waals surface area contributed by atoms with Crippen LogP contribution in [0.25, 0.3) is 5.69 Å². The standard InChI is InChI=1S/C22H20ClN3O3/c1-14-10-16(15(2)26(14)18-7-5-6-17(23)11-18)12-24-25-22(27)21-13-28-19-8-3-4-9-20(19)29-21/h3-12,21H,13H2,1-2H3,(H,25,27)/b24-12-/t21-/m0/s1. The summed E-state index contributed by atoms with van der Waals surface area (Å²) in [5, 5.41) is 4.77. The Labute approximate surface area is 173 Å². The van der Waals surface area contributed by atoms with Crippen LogP contribution in [0.5, 0.6) is 11.5 Å². The van der Waals surface area contributed by atoms with Crippen molar-refractivity contribution in [1.29, 1.82) is 0 Å². The molecule has 0 fully saturated rings. The first-order valence-corrected chi connectivity index (χ1v) is 9.57. The molecule has 2 heterocycles. The Bertz CT molecular complexity index is 1090. The summed E-state index contributed by atoms with van der Waals surface area (Å²) in [7, 11) is 0. The van der Waals surface area contributed by atoms with Crippen LogP contribution in [0.4, 0.5) is 0 Å². The van der Waals surface area contributed by atoms with E-state index in [1.54, 1.807) is 18.3 Å². The predicted octanol–water partition coefficient (Wildman–Crippen LogP) is 4.04. The lowest BCUT2D eigenvalue weighted by Gasteiger charge is -2.24. The molecule has 0 aliphatic carbocycles. The molecular weight excluding hydrogens is 390 g/mol. The van der Waals surface area contributed by atoms with Gasteiger partial charge in [-0.1, -0.05) is 29.8 Å². The zero-order valence-electron chi connectivity index (χ0n) is 16.1. The fourth-order valence-electron chi connectivity index (χ4n) is 3.32. The number of ether oxygens (including phenoxy) is 2. The van der Waals surface area contributed by atoms with E-state index in [9.17, 15) is 4.79 Å². The maximum Gasteiger partial charge on any atom is 0.284 e. The number of carbonyl (C=O) groups excluding carboxylic acids is 1. The summed E-state index contributed by atoms with van der Waals surface area (Å²) < 4.78 is 13.3. The highest BCUT2D eigenvalue weighted by Gasteiger charge is 2.27. The molecular formula is C22H20ClN3O3. The molecule has 1 amide bonds. The molecule has 1 aliphatic heterocycles. The molecule has 148 valence electrons. The fraction of sp³-hybridized carbons (Fsp3) is 0.182. The smallest absolute Gasteiger partial charge is 0.284 e. The summed E-state index contributed by atoms with van der Waals surface area (Å²) in [5.74, 6) is 0.820. The van der Waals surface area contributed by atoms with Gasteiger partial charge in [0.1, 0.15) is 6.61 Å². The molecule has 1 aromatic heterocycles. The van der Waals surface area contributed by atoms with Crippen molar-refractivity contribution in [2.24, 2.45) is 5.10 Å². The van der Waals surface area contributed by atoms with Crippen molar-refractivity contribution in [3.63, 3.8) is 0 Å². The highest BCUT2D eigenvalue weighted by Crippen LogP contribution is 2.30. The third-order valence-electron chi connectivity index (χ3n) is 4.72. The van der Waals surface area contributed by atoms with E-state index in [0.717, 1.165) is 22.6 Å². The molecule has 29 heavy (non-hydrogen) atoms. The zero-order valence-corrected chi connectivity index (χ0v) is 16.8. The van der Waals surface area contributed by atoms with E-state index in [1.165, 1.54) is 0 Å². The average molecular weight is 410 g/mol. The maximum absolute atomic E-state index is 12.4. The number of fused-ring (bicyclic) bond motifs is 1. The second kappa shape index (κ2) is 8.01. The lowest BCUT2D eigenvalue weighted by atomic mass is 10.2. The van der Waals surface area contributed by atoms with Crippen LogP contribution in [0.1, 0.15) is 17.0 Å². The van der Waals surface area contributed by atoms with Gasteiger partial charge in [0, 0.05) is 27.7 Å². The Balaban J connectivity index is 1.45. The monoisotopic (exact) mass is 409 g/mol. The van der Waals surface area contributed by atoms with Gasteiger partial charge in [0.05, 0.1) is 6.21 Å². The molecule has 1 aliphatic rings. The lowest BCUT2D eigenvalue weighted by molar-refractivity contribution is -0.130. The van der Waals surface area contributed by atoms with Crippen LogP contribution < -0.4 is 14.9 Å². The number of aryl methyl sites for hydroxylation is 1. The number of carbonyl (C=O) groups is 1. The molecule has 2 aromatic carbocycles. The SMILES string of the molecule is Cc1cc(/C=N\NC(=O)[C@@H]2COc3ccccc3O2)c(C)n1-c1cccc(Cl)c1. The minimum absolute atomic E-state index is 0.141. The van der Waals surface area contributed by atoms with Crippen molar-refractivity contribution in [3.8, 4) is 17.2 Å². The van der Waals surface area contributed by atoms with Crippen LogP contribution >= 0.6 is 11.6 Å². The third-order valence-corrected chi connectivity index (χ3v) is 4.95. The lowest BCUT2D eigenvalue weighted by Crippen LogP contribution is -2.42. The van der Waals surface area contributed by atoms with Gasteiger partial charge in [-0.3, -0.25) is 4.79 Å². The van der Waals surface area contributed by atoms with E-state index in [0.29, 0.717) is 16.5 Å². The van der Waals surface area contributed by atoms with Gasteiger partial charge in [0.15, 0.2) is 11.5 Å². The summed E-state index contributed by atoms with van der Waals surface area (Å²) in [4.78, 5) is 12.4. The van der Waals surface area contributed by atoms with Gasteiger partial charge in [-0.2, -0.15) is 5.10 Å². The normalized spacial score (nSPS) is 15.5. The maximum atomic E-state index is 12.4. The quantitative estimate of drug-likeness (QED) is 0.522.